The topological polar surface area (TPSA) is 88.1 Å². The summed E-state index contributed by atoms with van der Waals surface area (Å²) >= 11 is 5.88. The third-order valence-electron chi connectivity index (χ3n) is 2.86. The first-order chi connectivity index (χ1) is 10.1. The molecule has 3 N–H and O–H groups in total. The van der Waals surface area contributed by atoms with Crippen molar-refractivity contribution in [2.24, 2.45) is 0 Å². The van der Waals surface area contributed by atoms with Crippen LogP contribution in [0.15, 0.2) is 36.4 Å². The van der Waals surface area contributed by atoms with Crippen LogP contribution in [0.5, 0.6) is 5.75 Å². The van der Waals surface area contributed by atoms with Gasteiger partial charge in [0.15, 0.2) is 0 Å². The molecule has 0 aliphatic rings. The zero-order chi connectivity index (χ0) is 15.4. The van der Waals surface area contributed by atoms with Crippen LogP contribution in [-0.2, 0) is 0 Å². The lowest BCUT2D eigenvalue weighted by Crippen LogP contribution is -2.16. The van der Waals surface area contributed by atoms with Crippen LogP contribution in [0.4, 0.5) is 11.4 Å². The van der Waals surface area contributed by atoms with Crippen LogP contribution in [-0.4, -0.2) is 13.0 Å². The molecule has 0 radical (unpaired) electrons. The van der Waals surface area contributed by atoms with Gasteiger partial charge in [-0.2, -0.15) is 5.26 Å². The first-order valence-corrected chi connectivity index (χ1v) is 6.38. The smallest absolute Gasteiger partial charge is 0.261 e. The number of nitrogens with zero attached hydrogens (tertiary/aromatic N) is 1. The number of hydrogen-bond donors (Lipinski definition) is 2. The van der Waals surface area contributed by atoms with Gasteiger partial charge >= 0.3 is 0 Å². The van der Waals surface area contributed by atoms with Crippen molar-refractivity contribution in [2.45, 2.75) is 0 Å². The van der Waals surface area contributed by atoms with Crippen molar-refractivity contribution in [3.8, 4) is 11.8 Å². The molecule has 21 heavy (non-hydrogen) atoms. The van der Waals surface area contributed by atoms with Crippen LogP contribution < -0.4 is 15.8 Å². The van der Waals surface area contributed by atoms with E-state index in [4.69, 9.17) is 27.3 Å². The van der Waals surface area contributed by atoms with Crippen LogP contribution in [0.2, 0.25) is 5.02 Å². The Bertz CT molecular complexity index is 738. The van der Waals surface area contributed by atoms with Gasteiger partial charge in [-0.25, -0.2) is 0 Å². The largest absolute Gasteiger partial charge is 0.496 e. The zero-order valence-corrected chi connectivity index (χ0v) is 11.9. The fourth-order valence-electron chi connectivity index (χ4n) is 1.86. The van der Waals surface area contributed by atoms with Crippen molar-refractivity contribution in [2.75, 3.05) is 18.2 Å². The minimum atomic E-state index is -0.469. The highest BCUT2D eigenvalue weighted by Gasteiger charge is 2.17. The Balaban J connectivity index is 2.40. The number of amides is 1. The maximum absolute atomic E-state index is 12.4. The summed E-state index contributed by atoms with van der Waals surface area (Å²) in [4.78, 5) is 12.4. The van der Waals surface area contributed by atoms with E-state index < -0.39 is 5.91 Å². The maximum atomic E-state index is 12.4. The predicted molar refractivity (Wildman–Crippen MR) is 81.5 cm³/mol. The van der Waals surface area contributed by atoms with Gasteiger partial charge in [-0.1, -0.05) is 17.7 Å². The Labute approximate surface area is 126 Å². The van der Waals surface area contributed by atoms with E-state index in [-0.39, 0.29) is 11.3 Å². The van der Waals surface area contributed by atoms with Gasteiger partial charge in [0.25, 0.3) is 5.91 Å². The highest BCUT2D eigenvalue weighted by atomic mass is 35.5. The normalized spacial score (nSPS) is 9.76. The quantitative estimate of drug-likeness (QED) is 0.853. The van der Waals surface area contributed by atoms with E-state index in [9.17, 15) is 4.79 Å². The molecule has 0 spiro atoms. The predicted octanol–water partition coefficient (Wildman–Crippen LogP) is 3.05. The number of nitrogen functional groups attached to an aromatic ring is 1. The molecule has 2 aromatic rings. The van der Waals surface area contributed by atoms with Gasteiger partial charge < -0.3 is 15.8 Å². The molecule has 5 nitrogen and oxygen atoms in total. The molecule has 1 amide bonds. The molecular formula is C15H12ClN3O2. The first-order valence-electron chi connectivity index (χ1n) is 6.00. The molecule has 0 unspecified atom stereocenters. The lowest BCUT2D eigenvalue weighted by molar-refractivity contribution is 0.102. The Morgan fingerprint density at radius 1 is 1.38 bits per heavy atom. The lowest BCUT2D eigenvalue weighted by atomic mass is 10.1. The molecule has 0 aliphatic carbocycles. The van der Waals surface area contributed by atoms with Crippen molar-refractivity contribution in [3.05, 3.63) is 52.5 Å². The molecule has 0 aliphatic heterocycles. The molecule has 106 valence electrons. The van der Waals surface area contributed by atoms with Gasteiger partial charge in [-0.05, 0) is 30.3 Å². The van der Waals surface area contributed by atoms with E-state index in [0.717, 1.165) is 0 Å². The molecule has 0 bridgehead atoms. The number of hydrogen-bond acceptors (Lipinski definition) is 4. The average molecular weight is 302 g/mol. The number of anilines is 2. The molecule has 0 atom stereocenters. The zero-order valence-electron chi connectivity index (χ0n) is 11.2. The number of nitrogens with two attached hydrogens (primary N) is 1. The van der Waals surface area contributed by atoms with E-state index in [1.807, 2.05) is 6.07 Å². The van der Waals surface area contributed by atoms with E-state index >= 15 is 0 Å². The molecule has 2 aromatic carbocycles. The SMILES string of the molecule is COc1cccc(N)c1C(=O)Nc1cc(Cl)ccc1C#N. The fourth-order valence-corrected chi connectivity index (χ4v) is 2.04. The van der Waals surface area contributed by atoms with Crippen LogP contribution in [0.1, 0.15) is 15.9 Å². The number of benzene rings is 2. The van der Waals surface area contributed by atoms with E-state index in [2.05, 4.69) is 5.32 Å². The Kier molecular flexibility index (Phi) is 4.31. The number of halogens is 1. The number of nitrogens with one attached hydrogen (secondary N) is 1. The van der Waals surface area contributed by atoms with Crippen molar-refractivity contribution in [1.29, 1.82) is 5.26 Å². The molecule has 0 heterocycles. The Morgan fingerprint density at radius 3 is 2.81 bits per heavy atom. The second-order valence-corrected chi connectivity index (χ2v) is 4.62. The summed E-state index contributed by atoms with van der Waals surface area (Å²) in [7, 11) is 1.45. The minimum absolute atomic E-state index is 0.212. The summed E-state index contributed by atoms with van der Waals surface area (Å²) in [6.45, 7) is 0. The van der Waals surface area contributed by atoms with Crippen molar-refractivity contribution in [1.82, 2.24) is 0 Å². The van der Waals surface area contributed by atoms with E-state index in [1.165, 1.54) is 19.2 Å². The van der Waals surface area contributed by atoms with E-state index in [1.54, 1.807) is 24.3 Å². The number of rotatable bonds is 3. The Morgan fingerprint density at radius 2 is 2.14 bits per heavy atom. The second-order valence-electron chi connectivity index (χ2n) is 4.18. The van der Waals surface area contributed by atoms with Crippen molar-refractivity contribution in [3.63, 3.8) is 0 Å². The molecule has 0 aromatic heterocycles. The highest BCUT2D eigenvalue weighted by Crippen LogP contribution is 2.27. The number of carbonyl (C=O) groups is 1. The van der Waals surface area contributed by atoms with Gasteiger partial charge in [-0.3, -0.25) is 4.79 Å². The van der Waals surface area contributed by atoms with Gasteiger partial charge in [-0.15, -0.1) is 0 Å². The number of carbonyl (C=O) groups excluding carboxylic acids is 1. The van der Waals surface area contributed by atoms with Crippen LogP contribution >= 0.6 is 11.6 Å². The number of nitriles is 1. The van der Waals surface area contributed by atoms with Crippen LogP contribution in [0.25, 0.3) is 0 Å². The molecule has 6 heteroatoms. The fraction of sp³-hybridized carbons (Fsp3) is 0.0667. The van der Waals surface area contributed by atoms with Crippen LogP contribution in [0.3, 0.4) is 0 Å². The third-order valence-corrected chi connectivity index (χ3v) is 3.09. The monoisotopic (exact) mass is 301 g/mol. The summed E-state index contributed by atoms with van der Waals surface area (Å²) in [5, 5.41) is 12.1. The molecule has 0 saturated heterocycles. The van der Waals surface area contributed by atoms with Gasteiger partial charge in [0.1, 0.15) is 17.4 Å². The lowest BCUT2D eigenvalue weighted by Gasteiger charge is -2.12. The average Bonchev–Trinajstić information content (AvgIpc) is 2.47. The summed E-state index contributed by atoms with van der Waals surface area (Å²) < 4.78 is 5.13. The number of ether oxygens (including phenoxy) is 1. The second kappa shape index (κ2) is 6.16. The molecule has 0 saturated carbocycles. The standard InChI is InChI=1S/C15H12ClN3O2/c1-21-13-4-2-3-11(18)14(13)15(20)19-12-7-10(16)6-5-9(12)8-17/h2-7H,18H2,1H3,(H,19,20). The summed E-state index contributed by atoms with van der Waals surface area (Å²) in [5.41, 5.74) is 6.94. The molecule has 0 fully saturated rings. The first kappa shape index (κ1) is 14.7. The number of methoxy groups -OCH3 is 1. The van der Waals surface area contributed by atoms with Gasteiger partial charge in [0.05, 0.1) is 18.4 Å². The summed E-state index contributed by atoms with van der Waals surface area (Å²) in [5.74, 6) is -0.114. The third kappa shape index (κ3) is 3.07. The Hall–Kier alpha value is -2.71. The van der Waals surface area contributed by atoms with Crippen LogP contribution in [0, 0.1) is 11.3 Å². The van der Waals surface area contributed by atoms with E-state index in [0.29, 0.717) is 22.0 Å². The summed E-state index contributed by atoms with van der Waals surface area (Å²) in [6.07, 6.45) is 0. The minimum Gasteiger partial charge on any atom is -0.496 e. The summed E-state index contributed by atoms with van der Waals surface area (Å²) in [6, 6.07) is 11.5. The van der Waals surface area contributed by atoms with Crippen molar-refractivity contribution >= 4 is 28.9 Å². The van der Waals surface area contributed by atoms with Gasteiger partial charge in [0.2, 0.25) is 0 Å². The molecular weight excluding hydrogens is 290 g/mol. The highest BCUT2D eigenvalue weighted by molar-refractivity contribution is 6.31. The molecule has 2 rings (SSSR count). The van der Waals surface area contributed by atoms with Crippen molar-refractivity contribution < 1.29 is 9.53 Å². The van der Waals surface area contributed by atoms with Gasteiger partial charge in [0, 0.05) is 10.7 Å². The maximum Gasteiger partial charge on any atom is 0.261 e.